The number of ether oxygens (including phenoxy) is 3. The number of anilines is 1. The summed E-state index contributed by atoms with van der Waals surface area (Å²) in [7, 11) is 0.129. The molecule has 190 valence electrons. The van der Waals surface area contributed by atoms with Crippen LogP contribution in [-0.2, 0) is 19.6 Å². The van der Waals surface area contributed by atoms with Gasteiger partial charge in [0.15, 0.2) is 11.5 Å². The molecule has 0 heterocycles. The van der Waals surface area contributed by atoms with Crippen molar-refractivity contribution in [2.75, 3.05) is 33.2 Å². The molecule has 0 unspecified atom stereocenters. The van der Waals surface area contributed by atoms with Crippen LogP contribution in [0.25, 0.3) is 0 Å². The Kier molecular flexibility index (Phi) is 9.15. The van der Waals surface area contributed by atoms with E-state index >= 15 is 0 Å². The molecule has 11 heteroatoms. The molecule has 0 saturated heterocycles. The Balaban J connectivity index is 1.93. The molecule has 1 N–H and O–H groups in total. The first kappa shape index (κ1) is 27.0. The molecule has 0 spiro atoms. The molecular weight excluding hydrogens is 540 g/mol. The Morgan fingerprint density at radius 3 is 2.17 bits per heavy atom. The fourth-order valence-corrected chi connectivity index (χ4v) is 6.02. The molecule has 9 nitrogen and oxygen atoms in total. The van der Waals surface area contributed by atoms with Crippen molar-refractivity contribution < 1.29 is 32.2 Å². The van der Waals surface area contributed by atoms with Gasteiger partial charge in [0.05, 0.1) is 44.0 Å². The molecule has 0 bridgehead atoms. The number of amides is 1. The van der Waals surface area contributed by atoms with Gasteiger partial charge in [-0.25, -0.2) is 13.2 Å². The van der Waals surface area contributed by atoms with E-state index in [2.05, 4.69) is 21.2 Å². The number of benzene rings is 2. The van der Waals surface area contributed by atoms with Crippen LogP contribution in [0.15, 0.2) is 45.8 Å². The molecule has 1 saturated carbocycles. The Morgan fingerprint density at radius 1 is 1.00 bits per heavy atom. The number of hydrogen-bond donors (Lipinski definition) is 1. The highest BCUT2D eigenvalue weighted by Gasteiger charge is 2.34. The SMILES string of the molecule is COC(=O)c1cc(OC)c(OC)cc1NC(=O)CN(C1CCCCC1)S(=O)(=O)c1ccc(Br)cc1. The molecule has 1 aliphatic carbocycles. The van der Waals surface area contributed by atoms with Gasteiger partial charge in [0.1, 0.15) is 0 Å². The summed E-state index contributed by atoms with van der Waals surface area (Å²) in [6.07, 6.45) is 4.16. The molecule has 0 atom stereocenters. The Morgan fingerprint density at radius 2 is 1.60 bits per heavy atom. The van der Waals surface area contributed by atoms with E-state index in [0.717, 1.165) is 23.7 Å². The van der Waals surface area contributed by atoms with Crippen LogP contribution in [0.2, 0.25) is 0 Å². The van der Waals surface area contributed by atoms with Crippen molar-refractivity contribution in [3.63, 3.8) is 0 Å². The van der Waals surface area contributed by atoms with Crippen molar-refractivity contribution in [2.24, 2.45) is 0 Å². The van der Waals surface area contributed by atoms with Crippen LogP contribution in [-0.4, -0.2) is 58.5 Å². The van der Waals surface area contributed by atoms with Crippen LogP contribution in [0.3, 0.4) is 0 Å². The predicted molar refractivity (Wildman–Crippen MR) is 134 cm³/mol. The zero-order valence-corrected chi connectivity index (χ0v) is 22.3. The summed E-state index contributed by atoms with van der Waals surface area (Å²) in [6.45, 7) is -0.405. The standard InChI is InChI=1S/C24H29BrN2O7S/c1-32-21-13-19(24(29)34-3)20(14-22(21)33-2)26-23(28)15-27(17-7-5-4-6-8-17)35(30,31)18-11-9-16(25)10-12-18/h9-14,17H,4-8,15H2,1-3H3,(H,26,28). The summed E-state index contributed by atoms with van der Waals surface area (Å²) in [4.78, 5) is 25.6. The van der Waals surface area contributed by atoms with Crippen molar-refractivity contribution in [1.29, 1.82) is 0 Å². The number of methoxy groups -OCH3 is 3. The lowest BCUT2D eigenvalue weighted by molar-refractivity contribution is -0.116. The molecule has 2 aromatic carbocycles. The highest BCUT2D eigenvalue weighted by molar-refractivity contribution is 9.10. The van der Waals surface area contributed by atoms with E-state index in [4.69, 9.17) is 14.2 Å². The highest BCUT2D eigenvalue weighted by Crippen LogP contribution is 2.34. The van der Waals surface area contributed by atoms with Gasteiger partial charge in [-0.3, -0.25) is 4.79 Å². The minimum Gasteiger partial charge on any atom is -0.493 e. The van der Waals surface area contributed by atoms with Crippen LogP contribution in [0.1, 0.15) is 42.5 Å². The van der Waals surface area contributed by atoms with Crippen molar-refractivity contribution in [2.45, 2.75) is 43.0 Å². The predicted octanol–water partition coefficient (Wildman–Crippen LogP) is 4.22. The summed E-state index contributed by atoms with van der Waals surface area (Å²) < 4.78 is 44.5. The van der Waals surface area contributed by atoms with E-state index in [1.165, 1.54) is 49.9 Å². The minimum atomic E-state index is -3.94. The Hall–Kier alpha value is -2.63. The van der Waals surface area contributed by atoms with Crippen LogP contribution >= 0.6 is 15.9 Å². The summed E-state index contributed by atoms with van der Waals surface area (Å²) in [5.74, 6) is -0.698. The van der Waals surface area contributed by atoms with E-state index < -0.39 is 28.4 Å². The second kappa shape index (κ2) is 11.9. The van der Waals surface area contributed by atoms with Gasteiger partial charge in [0, 0.05) is 22.6 Å². The Bertz CT molecular complexity index is 1160. The fraction of sp³-hybridized carbons (Fsp3) is 0.417. The number of carbonyl (C=O) groups is 2. The summed E-state index contributed by atoms with van der Waals surface area (Å²) >= 11 is 3.32. The lowest BCUT2D eigenvalue weighted by Crippen LogP contribution is -2.45. The monoisotopic (exact) mass is 568 g/mol. The number of hydrogen-bond acceptors (Lipinski definition) is 7. The first-order chi connectivity index (χ1) is 16.7. The smallest absolute Gasteiger partial charge is 0.340 e. The summed E-state index contributed by atoms with van der Waals surface area (Å²) in [5.41, 5.74) is 0.183. The normalized spacial score (nSPS) is 14.4. The fourth-order valence-electron chi connectivity index (χ4n) is 4.11. The zero-order valence-electron chi connectivity index (χ0n) is 19.9. The van der Waals surface area contributed by atoms with Gasteiger partial charge in [-0.2, -0.15) is 4.31 Å². The van der Waals surface area contributed by atoms with Gasteiger partial charge in [-0.1, -0.05) is 35.2 Å². The number of nitrogens with zero attached hydrogens (tertiary/aromatic N) is 1. The molecule has 2 aromatic rings. The number of halogens is 1. The first-order valence-corrected chi connectivity index (χ1v) is 13.4. The van der Waals surface area contributed by atoms with Gasteiger partial charge in [0.2, 0.25) is 15.9 Å². The molecule has 0 aliphatic heterocycles. The van der Waals surface area contributed by atoms with Crippen LogP contribution in [0.4, 0.5) is 5.69 Å². The topological polar surface area (TPSA) is 111 Å². The van der Waals surface area contributed by atoms with Gasteiger partial charge in [0.25, 0.3) is 0 Å². The van der Waals surface area contributed by atoms with Crippen molar-refractivity contribution in [3.8, 4) is 11.5 Å². The van der Waals surface area contributed by atoms with E-state index in [1.54, 1.807) is 12.1 Å². The number of sulfonamides is 1. The zero-order chi connectivity index (χ0) is 25.6. The van der Waals surface area contributed by atoms with Crippen molar-refractivity contribution >= 4 is 43.5 Å². The van der Waals surface area contributed by atoms with E-state index in [9.17, 15) is 18.0 Å². The lowest BCUT2D eigenvalue weighted by atomic mass is 9.95. The molecule has 1 aliphatic rings. The third-order valence-corrected chi connectivity index (χ3v) is 8.35. The highest BCUT2D eigenvalue weighted by atomic mass is 79.9. The lowest BCUT2D eigenvalue weighted by Gasteiger charge is -2.33. The van der Waals surface area contributed by atoms with Crippen LogP contribution in [0, 0.1) is 0 Å². The Labute approximate surface area is 213 Å². The second-order valence-corrected chi connectivity index (χ2v) is 10.9. The van der Waals surface area contributed by atoms with Crippen molar-refractivity contribution in [1.82, 2.24) is 4.31 Å². The average molecular weight is 569 g/mol. The molecule has 0 aromatic heterocycles. The molecule has 3 rings (SSSR count). The summed E-state index contributed by atoms with van der Waals surface area (Å²) in [5, 5.41) is 2.67. The van der Waals surface area contributed by atoms with Gasteiger partial charge in [-0.15, -0.1) is 0 Å². The largest absolute Gasteiger partial charge is 0.493 e. The van der Waals surface area contributed by atoms with Gasteiger partial charge >= 0.3 is 5.97 Å². The van der Waals surface area contributed by atoms with E-state index in [-0.39, 0.29) is 27.9 Å². The average Bonchev–Trinajstić information content (AvgIpc) is 2.87. The van der Waals surface area contributed by atoms with Crippen molar-refractivity contribution in [3.05, 3.63) is 46.4 Å². The molecular formula is C24H29BrN2O7S. The van der Waals surface area contributed by atoms with Crippen LogP contribution < -0.4 is 14.8 Å². The summed E-state index contributed by atoms with van der Waals surface area (Å²) in [6, 6.07) is 8.87. The van der Waals surface area contributed by atoms with E-state index in [0.29, 0.717) is 18.6 Å². The van der Waals surface area contributed by atoms with Gasteiger partial charge in [-0.05, 0) is 37.1 Å². The third kappa shape index (κ3) is 6.33. The maximum atomic E-state index is 13.6. The number of carbonyl (C=O) groups excluding carboxylic acids is 2. The number of esters is 1. The number of nitrogens with one attached hydrogen (secondary N) is 1. The first-order valence-electron chi connectivity index (χ1n) is 11.1. The van der Waals surface area contributed by atoms with E-state index in [1.807, 2.05) is 0 Å². The number of rotatable bonds is 9. The minimum absolute atomic E-state index is 0.0542. The molecule has 0 radical (unpaired) electrons. The molecule has 35 heavy (non-hydrogen) atoms. The maximum Gasteiger partial charge on any atom is 0.340 e. The second-order valence-electron chi connectivity index (χ2n) is 8.09. The van der Waals surface area contributed by atoms with Gasteiger partial charge < -0.3 is 19.5 Å². The quantitative estimate of drug-likeness (QED) is 0.451. The molecule has 1 fully saturated rings. The van der Waals surface area contributed by atoms with Crippen LogP contribution in [0.5, 0.6) is 11.5 Å². The molecule has 1 amide bonds. The third-order valence-electron chi connectivity index (χ3n) is 5.90. The maximum absolute atomic E-state index is 13.6.